The number of hydrogen-bond acceptors (Lipinski definition) is 3. The van der Waals surface area contributed by atoms with Crippen LogP contribution in [-0.4, -0.2) is 24.2 Å². The number of ether oxygens (including phenoxy) is 1. The lowest BCUT2D eigenvalue weighted by atomic mass is 10.1. The molecule has 1 amide bonds. The predicted molar refractivity (Wildman–Crippen MR) is 47.5 cm³/mol. The van der Waals surface area contributed by atoms with Gasteiger partial charge in [-0.15, -0.1) is 0 Å². The van der Waals surface area contributed by atoms with Gasteiger partial charge in [-0.25, -0.2) is 9.79 Å². The maximum absolute atomic E-state index is 11.2. The van der Waals surface area contributed by atoms with E-state index in [1.807, 2.05) is 13.8 Å². The fraction of sp³-hybridized carbons (Fsp3) is 0.667. The Morgan fingerprint density at radius 2 is 2.31 bits per heavy atom. The monoisotopic (exact) mass is 183 g/mol. The molecule has 0 spiro atoms. The van der Waals surface area contributed by atoms with Crippen LogP contribution in [-0.2, 0) is 14.3 Å². The van der Waals surface area contributed by atoms with E-state index in [1.54, 1.807) is 0 Å². The standard InChI is InChI=1S/C9H13NO3/c1-6(2)5-8(11)10-7-3-4-13-9(7)12/h6H,3-5H2,1-2H3/b10-7-. The summed E-state index contributed by atoms with van der Waals surface area (Å²) in [6, 6.07) is 0. The van der Waals surface area contributed by atoms with Crippen molar-refractivity contribution in [2.24, 2.45) is 10.9 Å². The minimum Gasteiger partial charge on any atom is -0.461 e. The van der Waals surface area contributed by atoms with Crippen LogP contribution in [0.1, 0.15) is 26.7 Å². The topological polar surface area (TPSA) is 55.7 Å². The van der Waals surface area contributed by atoms with Gasteiger partial charge in [-0.3, -0.25) is 4.79 Å². The van der Waals surface area contributed by atoms with Crippen LogP contribution in [0.3, 0.4) is 0 Å². The minimum atomic E-state index is -0.447. The molecule has 1 saturated heterocycles. The van der Waals surface area contributed by atoms with Crippen molar-refractivity contribution in [1.82, 2.24) is 0 Å². The summed E-state index contributed by atoms with van der Waals surface area (Å²) in [5.41, 5.74) is 0.269. The zero-order valence-corrected chi connectivity index (χ0v) is 7.87. The summed E-state index contributed by atoms with van der Waals surface area (Å²) in [5.74, 6) is -0.407. The number of nitrogens with zero attached hydrogens (tertiary/aromatic N) is 1. The number of esters is 1. The summed E-state index contributed by atoms with van der Waals surface area (Å²) in [6.45, 7) is 4.22. The Hall–Kier alpha value is -1.19. The van der Waals surface area contributed by atoms with Crippen LogP contribution in [0.15, 0.2) is 4.99 Å². The van der Waals surface area contributed by atoms with E-state index in [1.165, 1.54) is 0 Å². The lowest BCUT2D eigenvalue weighted by Crippen LogP contribution is -2.10. The molecule has 0 radical (unpaired) electrons. The second kappa shape index (κ2) is 4.16. The number of hydrogen-bond donors (Lipinski definition) is 0. The van der Waals surface area contributed by atoms with E-state index >= 15 is 0 Å². The highest BCUT2D eigenvalue weighted by molar-refractivity contribution is 6.39. The van der Waals surface area contributed by atoms with Gasteiger partial charge < -0.3 is 4.74 Å². The Morgan fingerprint density at radius 1 is 1.62 bits per heavy atom. The molecule has 1 aliphatic heterocycles. The van der Waals surface area contributed by atoms with Crippen LogP contribution in [0.4, 0.5) is 0 Å². The lowest BCUT2D eigenvalue weighted by Gasteiger charge is -1.98. The molecule has 0 aromatic heterocycles. The van der Waals surface area contributed by atoms with Crippen LogP contribution in [0.5, 0.6) is 0 Å². The Kier molecular flexibility index (Phi) is 3.17. The van der Waals surface area contributed by atoms with Gasteiger partial charge in [0.25, 0.3) is 0 Å². The van der Waals surface area contributed by atoms with Gasteiger partial charge >= 0.3 is 5.97 Å². The number of carbonyl (C=O) groups is 2. The molecule has 0 aliphatic carbocycles. The van der Waals surface area contributed by atoms with Gasteiger partial charge in [-0.2, -0.15) is 0 Å². The summed E-state index contributed by atoms with van der Waals surface area (Å²) in [7, 11) is 0. The van der Waals surface area contributed by atoms with Crippen molar-refractivity contribution in [1.29, 1.82) is 0 Å². The molecule has 4 heteroatoms. The first-order valence-electron chi connectivity index (χ1n) is 4.37. The van der Waals surface area contributed by atoms with Crippen molar-refractivity contribution >= 4 is 17.6 Å². The van der Waals surface area contributed by atoms with E-state index in [2.05, 4.69) is 9.73 Å². The molecular formula is C9H13NO3. The summed E-state index contributed by atoms with van der Waals surface area (Å²) < 4.78 is 4.65. The fourth-order valence-electron chi connectivity index (χ4n) is 1.07. The van der Waals surface area contributed by atoms with Gasteiger partial charge in [-0.05, 0) is 5.92 Å². The van der Waals surface area contributed by atoms with Crippen LogP contribution < -0.4 is 0 Å². The SMILES string of the molecule is CC(C)CC(=O)/N=C1/CCOC1=O. The molecule has 4 nitrogen and oxygen atoms in total. The van der Waals surface area contributed by atoms with E-state index in [0.717, 1.165) is 0 Å². The Balaban J connectivity index is 2.54. The van der Waals surface area contributed by atoms with E-state index in [9.17, 15) is 9.59 Å². The van der Waals surface area contributed by atoms with E-state index in [-0.39, 0.29) is 17.5 Å². The molecule has 72 valence electrons. The highest BCUT2D eigenvalue weighted by atomic mass is 16.5. The molecule has 1 rings (SSSR count). The molecule has 0 N–H and O–H groups in total. The van der Waals surface area contributed by atoms with Gasteiger partial charge in [0.1, 0.15) is 5.71 Å². The Labute approximate surface area is 77.0 Å². The smallest absolute Gasteiger partial charge is 0.352 e. The van der Waals surface area contributed by atoms with E-state index in [4.69, 9.17) is 0 Å². The van der Waals surface area contributed by atoms with Crippen molar-refractivity contribution in [2.45, 2.75) is 26.7 Å². The van der Waals surface area contributed by atoms with Crippen molar-refractivity contribution in [3.63, 3.8) is 0 Å². The second-order valence-electron chi connectivity index (χ2n) is 3.44. The normalized spacial score (nSPS) is 19.6. The second-order valence-corrected chi connectivity index (χ2v) is 3.44. The van der Waals surface area contributed by atoms with Crippen molar-refractivity contribution in [2.75, 3.05) is 6.61 Å². The fourth-order valence-corrected chi connectivity index (χ4v) is 1.07. The van der Waals surface area contributed by atoms with Gasteiger partial charge in [0, 0.05) is 12.8 Å². The number of rotatable bonds is 2. The third kappa shape index (κ3) is 2.97. The quantitative estimate of drug-likeness (QED) is 0.599. The molecule has 13 heavy (non-hydrogen) atoms. The average molecular weight is 183 g/mol. The molecule has 0 saturated carbocycles. The number of cyclic esters (lactones) is 1. The first kappa shape index (κ1) is 9.89. The lowest BCUT2D eigenvalue weighted by molar-refractivity contribution is -0.133. The predicted octanol–water partition coefficient (Wildman–Crippen LogP) is 0.947. The Morgan fingerprint density at radius 3 is 2.77 bits per heavy atom. The zero-order valence-electron chi connectivity index (χ0n) is 7.87. The molecular weight excluding hydrogens is 170 g/mol. The molecule has 1 fully saturated rings. The van der Waals surface area contributed by atoms with Crippen molar-refractivity contribution < 1.29 is 14.3 Å². The van der Waals surface area contributed by atoms with Crippen molar-refractivity contribution in [3.05, 3.63) is 0 Å². The van der Waals surface area contributed by atoms with Crippen LogP contribution in [0, 0.1) is 5.92 Å². The summed E-state index contributed by atoms with van der Waals surface area (Å²) in [4.78, 5) is 25.8. The molecule has 0 bridgehead atoms. The summed E-state index contributed by atoms with van der Waals surface area (Å²) in [5, 5.41) is 0. The first-order chi connectivity index (χ1) is 6.09. The van der Waals surface area contributed by atoms with Crippen LogP contribution >= 0.6 is 0 Å². The van der Waals surface area contributed by atoms with Gasteiger partial charge in [-0.1, -0.05) is 13.8 Å². The van der Waals surface area contributed by atoms with Gasteiger partial charge in [0.2, 0.25) is 5.91 Å². The third-order valence-corrected chi connectivity index (χ3v) is 1.65. The first-order valence-corrected chi connectivity index (χ1v) is 4.37. The maximum Gasteiger partial charge on any atom is 0.352 e. The summed E-state index contributed by atoms with van der Waals surface area (Å²) in [6.07, 6.45) is 0.847. The number of aliphatic imine (C=N–C) groups is 1. The number of carbonyl (C=O) groups excluding carboxylic acids is 2. The Bertz CT molecular complexity index is 256. The summed E-state index contributed by atoms with van der Waals surface area (Å²) >= 11 is 0. The maximum atomic E-state index is 11.2. The van der Waals surface area contributed by atoms with Crippen LogP contribution in [0.2, 0.25) is 0 Å². The van der Waals surface area contributed by atoms with Crippen LogP contribution in [0.25, 0.3) is 0 Å². The number of amides is 1. The van der Waals surface area contributed by atoms with E-state index < -0.39 is 5.97 Å². The molecule has 0 aromatic carbocycles. The van der Waals surface area contributed by atoms with Gasteiger partial charge in [0.15, 0.2) is 0 Å². The molecule has 1 aliphatic rings. The minimum absolute atomic E-state index is 0.233. The highest BCUT2D eigenvalue weighted by Crippen LogP contribution is 2.06. The molecule has 0 unspecified atom stereocenters. The molecule has 0 aromatic rings. The largest absolute Gasteiger partial charge is 0.461 e. The van der Waals surface area contributed by atoms with Crippen molar-refractivity contribution in [3.8, 4) is 0 Å². The third-order valence-electron chi connectivity index (χ3n) is 1.65. The molecule has 0 atom stereocenters. The average Bonchev–Trinajstić information content (AvgIpc) is 2.34. The zero-order chi connectivity index (χ0) is 9.84. The highest BCUT2D eigenvalue weighted by Gasteiger charge is 2.21. The molecule has 1 heterocycles. The van der Waals surface area contributed by atoms with E-state index in [0.29, 0.717) is 19.4 Å². The van der Waals surface area contributed by atoms with Gasteiger partial charge in [0.05, 0.1) is 6.61 Å².